The third-order valence-electron chi connectivity index (χ3n) is 2.93. The van der Waals surface area contributed by atoms with Gasteiger partial charge in [0, 0.05) is 16.6 Å². The number of ether oxygens (including phenoxy) is 1. The summed E-state index contributed by atoms with van der Waals surface area (Å²) in [5.41, 5.74) is 2.32. The fourth-order valence-electron chi connectivity index (χ4n) is 2.04. The van der Waals surface area contributed by atoms with E-state index in [1.165, 1.54) is 4.57 Å². The van der Waals surface area contributed by atoms with E-state index in [0.717, 1.165) is 22.2 Å². The summed E-state index contributed by atoms with van der Waals surface area (Å²) in [4.78, 5) is 12.0. The molecule has 0 bridgehead atoms. The number of aromatic nitrogens is 1. The summed E-state index contributed by atoms with van der Waals surface area (Å²) >= 11 is 0. The van der Waals surface area contributed by atoms with E-state index in [9.17, 15) is 9.90 Å². The van der Waals surface area contributed by atoms with Crippen molar-refractivity contribution in [3.8, 4) is 5.75 Å². The van der Waals surface area contributed by atoms with Gasteiger partial charge >= 0.3 is 6.09 Å². The van der Waals surface area contributed by atoms with Gasteiger partial charge in [0.1, 0.15) is 5.75 Å². The Morgan fingerprint density at radius 3 is 2.40 bits per heavy atom. The highest BCUT2D eigenvalue weighted by atomic mass is 16.6. The Kier molecular flexibility index (Phi) is 5.19. The summed E-state index contributed by atoms with van der Waals surface area (Å²) in [6.45, 7) is 11.3. The lowest BCUT2D eigenvalue weighted by Gasteiger charge is -2.11. The molecule has 1 aromatic carbocycles. The third-order valence-corrected chi connectivity index (χ3v) is 2.93. The fourth-order valence-corrected chi connectivity index (χ4v) is 2.04. The molecule has 0 saturated heterocycles. The molecule has 1 aromatic heterocycles. The van der Waals surface area contributed by atoms with Gasteiger partial charge in [-0.3, -0.25) is 0 Å². The van der Waals surface area contributed by atoms with Gasteiger partial charge in [-0.15, -0.1) is 0 Å². The molecule has 0 spiro atoms. The summed E-state index contributed by atoms with van der Waals surface area (Å²) in [5, 5.41) is 10.5. The smallest absolute Gasteiger partial charge is 0.418 e. The second kappa shape index (κ2) is 6.46. The van der Waals surface area contributed by atoms with Gasteiger partial charge in [-0.05, 0) is 45.9 Å². The van der Waals surface area contributed by atoms with Gasteiger partial charge in [0.05, 0.1) is 11.6 Å². The molecule has 0 aliphatic rings. The maximum absolute atomic E-state index is 12.0. The quantitative estimate of drug-likeness (QED) is 0.841. The lowest BCUT2D eigenvalue weighted by Crippen LogP contribution is -2.18. The third kappa shape index (κ3) is 2.95. The van der Waals surface area contributed by atoms with Crippen molar-refractivity contribution in [2.75, 3.05) is 0 Å². The van der Waals surface area contributed by atoms with Crippen LogP contribution in [0.5, 0.6) is 5.75 Å². The van der Waals surface area contributed by atoms with Crippen molar-refractivity contribution in [1.29, 1.82) is 0 Å². The summed E-state index contributed by atoms with van der Waals surface area (Å²) in [5.74, 6) is 0.233. The van der Waals surface area contributed by atoms with E-state index in [-0.39, 0.29) is 17.9 Å². The second-order valence-corrected chi connectivity index (χ2v) is 4.70. The van der Waals surface area contributed by atoms with Crippen LogP contribution < -0.4 is 0 Å². The number of aryl methyl sites for hydroxylation is 2. The normalized spacial score (nSPS) is 10.3. The average Bonchev–Trinajstić information content (AvgIpc) is 2.73. The van der Waals surface area contributed by atoms with E-state index < -0.39 is 0 Å². The average molecular weight is 277 g/mol. The number of benzene rings is 1. The van der Waals surface area contributed by atoms with E-state index in [1.54, 1.807) is 12.1 Å². The maximum atomic E-state index is 12.0. The minimum absolute atomic E-state index is 0.160. The monoisotopic (exact) mass is 277 g/mol. The molecule has 0 atom stereocenters. The maximum Gasteiger partial charge on any atom is 0.418 e. The summed E-state index contributed by atoms with van der Waals surface area (Å²) in [7, 11) is 0. The zero-order valence-electron chi connectivity index (χ0n) is 13.0. The highest BCUT2D eigenvalue weighted by molar-refractivity contribution is 5.93. The van der Waals surface area contributed by atoms with Crippen LogP contribution in [0.4, 0.5) is 4.79 Å². The van der Waals surface area contributed by atoms with Crippen molar-refractivity contribution < 1.29 is 14.6 Å². The van der Waals surface area contributed by atoms with E-state index >= 15 is 0 Å². The molecule has 1 N–H and O–H groups in total. The van der Waals surface area contributed by atoms with Crippen LogP contribution in [0.2, 0.25) is 0 Å². The molecule has 4 heteroatoms. The van der Waals surface area contributed by atoms with Gasteiger partial charge in [-0.1, -0.05) is 13.8 Å². The van der Waals surface area contributed by atoms with Crippen LogP contribution in [0.15, 0.2) is 18.2 Å². The molecular weight excluding hydrogens is 254 g/mol. The molecule has 0 aliphatic heterocycles. The highest BCUT2D eigenvalue weighted by Gasteiger charge is 2.16. The Morgan fingerprint density at radius 1 is 1.25 bits per heavy atom. The molecule has 20 heavy (non-hydrogen) atoms. The number of nitrogens with zero attached hydrogens (tertiary/aromatic N) is 1. The lowest BCUT2D eigenvalue weighted by atomic mass is 10.1. The molecule has 2 rings (SSSR count). The van der Waals surface area contributed by atoms with Crippen LogP contribution in [0, 0.1) is 13.8 Å². The Hall–Kier alpha value is -1.97. The van der Waals surface area contributed by atoms with Crippen molar-refractivity contribution in [1.82, 2.24) is 4.57 Å². The predicted octanol–water partition coefficient (Wildman–Crippen LogP) is 4.38. The highest BCUT2D eigenvalue weighted by Crippen LogP contribution is 2.29. The van der Waals surface area contributed by atoms with Crippen molar-refractivity contribution in [3.63, 3.8) is 0 Å². The number of rotatable bonds is 1. The Bertz CT molecular complexity index is 612. The molecule has 4 nitrogen and oxygen atoms in total. The number of carbonyl (C=O) groups is 1. The van der Waals surface area contributed by atoms with Gasteiger partial charge in [0.2, 0.25) is 0 Å². The van der Waals surface area contributed by atoms with Gasteiger partial charge in [-0.2, -0.15) is 0 Å². The number of hydrogen-bond acceptors (Lipinski definition) is 3. The molecule has 0 saturated carbocycles. The van der Waals surface area contributed by atoms with Crippen molar-refractivity contribution in [2.24, 2.45) is 0 Å². The van der Waals surface area contributed by atoms with Crippen molar-refractivity contribution >= 4 is 17.0 Å². The SMILES string of the molecule is CC.Cc1c(O)ccc2c1cc(C)n2C(=O)OC(C)C. The fraction of sp³-hybridized carbons (Fsp3) is 0.438. The van der Waals surface area contributed by atoms with Crippen molar-refractivity contribution in [3.05, 3.63) is 29.5 Å². The molecule has 0 aliphatic carbocycles. The topological polar surface area (TPSA) is 51.5 Å². The van der Waals surface area contributed by atoms with Gasteiger partial charge in [0.25, 0.3) is 0 Å². The number of aromatic hydroxyl groups is 1. The Balaban J connectivity index is 0.000000956. The lowest BCUT2D eigenvalue weighted by molar-refractivity contribution is 0.117. The largest absolute Gasteiger partial charge is 0.508 e. The predicted molar refractivity (Wildman–Crippen MR) is 81.4 cm³/mol. The number of hydrogen-bond donors (Lipinski definition) is 1. The number of phenols is 1. The standard InChI is InChI=1S/C14H17NO3.C2H6/c1-8(2)18-14(17)15-9(3)7-11-10(4)13(16)6-5-12(11)15;1-2/h5-8,16H,1-4H3;1-2H3. The van der Waals surface area contributed by atoms with Crippen LogP contribution in [-0.4, -0.2) is 21.9 Å². The first-order valence-electron chi connectivity index (χ1n) is 6.93. The molecule has 0 unspecified atom stereocenters. The van der Waals surface area contributed by atoms with Crippen LogP contribution in [0.3, 0.4) is 0 Å². The number of fused-ring (bicyclic) bond motifs is 1. The molecular formula is C16H23NO3. The first kappa shape index (κ1) is 16.1. The first-order valence-corrected chi connectivity index (χ1v) is 6.93. The molecule has 0 radical (unpaired) electrons. The van der Waals surface area contributed by atoms with E-state index in [0.29, 0.717) is 0 Å². The zero-order valence-corrected chi connectivity index (χ0v) is 13.0. The van der Waals surface area contributed by atoms with Crippen LogP contribution in [0.25, 0.3) is 10.9 Å². The summed E-state index contributed by atoms with van der Waals surface area (Å²) in [6, 6.07) is 5.20. The van der Waals surface area contributed by atoms with Crippen molar-refractivity contribution in [2.45, 2.75) is 47.6 Å². The molecule has 2 aromatic rings. The number of phenolic OH excluding ortho intramolecular Hbond substituents is 1. The van der Waals surface area contributed by atoms with E-state index in [2.05, 4.69) is 0 Å². The Morgan fingerprint density at radius 2 is 1.85 bits per heavy atom. The summed E-state index contributed by atoms with van der Waals surface area (Å²) < 4.78 is 6.74. The summed E-state index contributed by atoms with van der Waals surface area (Å²) in [6.07, 6.45) is -0.546. The minimum atomic E-state index is -0.386. The van der Waals surface area contributed by atoms with Gasteiger partial charge in [0.15, 0.2) is 0 Å². The molecule has 1 heterocycles. The van der Waals surface area contributed by atoms with Gasteiger partial charge < -0.3 is 9.84 Å². The zero-order chi connectivity index (χ0) is 15.4. The minimum Gasteiger partial charge on any atom is -0.508 e. The van der Waals surface area contributed by atoms with E-state index in [4.69, 9.17) is 4.74 Å². The Labute approximate surface area is 120 Å². The molecule has 0 fully saturated rings. The van der Waals surface area contributed by atoms with Crippen LogP contribution >= 0.6 is 0 Å². The molecule has 110 valence electrons. The van der Waals surface area contributed by atoms with Gasteiger partial charge in [-0.25, -0.2) is 9.36 Å². The van der Waals surface area contributed by atoms with Crippen LogP contribution in [0.1, 0.15) is 39.0 Å². The van der Waals surface area contributed by atoms with E-state index in [1.807, 2.05) is 47.6 Å². The number of carbonyl (C=O) groups excluding carboxylic acids is 1. The van der Waals surface area contributed by atoms with Crippen LogP contribution in [-0.2, 0) is 4.74 Å². The molecule has 0 amide bonds. The first-order chi connectivity index (χ1) is 9.41. The second-order valence-electron chi connectivity index (χ2n) is 4.70.